The van der Waals surface area contributed by atoms with E-state index in [1.165, 1.54) is 23.6 Å². The second kappa shape index (κ2) is 5.82. The summed E-state index contributed by atoms with van der Waals surface area (Å²) in [5.74, 6) is -0.216. The van der Waals surface area contributed by atoms with Crippen LogP contribution in [0.4, 0.5) is 5.82 Å². The summed E-state index contributed by atoms with van der Waals surface area (Å²) in [6.07, 6.45) is 0.921. The number of carbonyl (C=O) groups excluding carboxylic acids is 1. The molecule has 1 aromatic carbocycles. The predicted molar refractivity (Wildman–Crippen MR) is 82.7 cm³/mol. The van der Waals surface area contributed by atoms with Gasteiger partial charge in [0.25, 0.3) is 15.9 Å². The average molecular weight is 359 g/mol. The largest absolute Gasteiger partial charge is 0.338 e. The number of carbonyl (C=O) groups is 1. The van der Waals surface area contributed by atoms with Gasteiger partial charge in [-0.1, -0.05) is 16.1 Å². The summed E-state index contributed by atoms with van der Waals surface area (Å²) in [6, 6.07) is 4.19. The number of sulfonamides is 1. The van der Waals surface area contributed by atoms with Crippen molar-refractivity contribution in [3.8, 4) is 0 Å². The van der Waals surface area contributed by atoms with Crippen LogP contribution in [0.25, 0.3) is 0 Å². The number of anilines is 1. The zero-order valence-electron chi connectivity index (χ0n) is 11.2. The molecule has 2 heterocycles. The Hall–Kier alpha value is -1.71. The lowest BCUT2D eigenvalue weighted by Crippen LogP contribution is -2.42. The Morgan fingerprint density at radius 1 is 1.36 bits per heavy atom. The monoisotopic (exact) mass is 358 g/mol. The van der Waals surface area contributed by atoms with Gasteiger partial charge in [0, 0.05) is 18.1 Å². The quantitative estimate of drug-likeness (QED) is 0.900. The molecule has 3 rings (SSSR count). The van der Waals surface area contributed by atoms with E-state index >= 15 is 0 Å². The van der Waals surface area contributed by atoms with Gasteiger partial charge in [0.1, 0.15) is 4.90 Å². The van der Waals surface area contributed by atoms with Crippen molar-refractivity contribution in [2.45, 2.75) is 11.3 Å². The standard InChI is InChI=1S/C12H11ClN4O3S2/c13-8-2-3-9(12(18)17-4-1-5-17)10(6-8)22(19,20)15-11-7-21-16-14-11/h2-3,6-7,15H,1,4-5H2. The first-order chi connectivity index (χ1) is 10.5. The van der Waals surface area contributed by atoms with Gasteiger partial charge in [-0.3, -0.25) is 9.52 Å². The van der Waals surface area contributed by atoms with Gasteiger partial charge in [-0.15, -0.1) is 5.10 Å². The number of nitrogens with zero attached hydrogens (tertiary/aromatic N) is 3. The summed E-state index contributed by atoms with van der Waals surface area (Å²) in [7, 11) is -3.98. The lowest BCUT2D eigenvalue weighted by molar-refractivity contribution is 0.0648. The Bertz CT molecular complexity index is 804. The van der Waals surface area contributed by atoms with Gasteiger partial charge in [0.2, 0.25) is 0 Å². The molecule has 2 aromatic rings. The van der Waals surface area contributed by atoms with Crippen LogP contribution >= 0.6 is 23.1 Å². The number of benzene rings is 1. The molecule has 0 atom stereocenters. The molecule has 10 heteroatoms. The molecule has 0 unspecified atom stereocenters. The number of hydrogen-bond donors (Lipinski definition) is 1. The lowest BCUT2D eigenvalue weighted by atomic mass is 10.1. The molecule has 1 fully saturated rings. The van der Waals surface area contributed by atoms with Crippen molar-refractivity contribution in [3.63, 3.8) is 0 Å². The summed E-state index contributed by atoms with van der Waals surface area (Å²) in [5, 5.41) is 5.33. The fourth-order valence-corrected chi connectivity index (χ4v) is 3.90. The summed E-state index contributed by atoms with van der Waals surface area (Å²) < 4.78 is 30.9. The van der Waals surface area contributed by atoms with Crippen molar-refractivity contribution in [1.82, 2.24) is 14.5 Å². The Balaban J connectivity index is 2.01. The second-order valence-electron chi connectivity index (χ2n) is 4.68. The molecule has 1 aliphatic rings. The van der Waals surface area contributed by atoms with Crippen LogP contribution in [0.5, 0.6) is 0 Å². The fourth-order valence-electron chi connectivity index (χ4n) is 1.99. The highest BCUT2D eigenvalue weighted by atomic mass is 35.5. The van der Waals surface area contributed by atoms with E-state index in [2.05, 4.69) is 14.3 Å². The minimum Gasteiger partial charge on any atom is -0.338 e. The molecule has 1 aliphatic heterocycles. The van der Waals surface area contributed by atoms with Gasteiger partial charge < -0.3 is 4.90 Å². The summed E-state index contributed by atoms with van der Waals surface area (Å²) in [6.45, 7) is 1.26. The number of hydrogen-bond acceptors (Lipinski definition) is 6. The maximum absolute atomic E-state index is 12.5. The highest BCUT2D eigenvalue weighted by molar-refractivity contribution is 7.92. The maximum Gasteiger partial charge on any atom is 0.263 e. The number of aromatic nitrogens is 2. The number of amides is 1. The first-order valence-corrected chi connectivity index (χ1v) is 9.06. The molecule has 7 nitrogen and oxygen atoms in total. The molecular formula is C12H11ClN4O3S2. The highest BCUT2D eigenvalue weighted by Gasteiger charge is 2.29. The summed E-state index contributed by atoms with van der Waals surface area (Å²) >= 11 is 6.91. The molecule has 0 spiro atoms. The minimum absolute atomic E-state index is 0.0970. The molecule has 22 heavy (non-hydrogen) atoms. The number of likely N-dealkylation sites (tertiary alicyclic amines) is 1. The smallest absolute Gasteiger partial charge is 0.263 e. The highest BCUT2D eigenvalue weighted by Crippen LogP contribution is 2.25. The second-order valence-corrected chi connectivity index (χ2v) is 7.38. The topological polar surface area (TPSA) is 92.3 Å². The van der Waals surface area contributed by atoms with Crippen LogP contribution in [0, 0.1) is 0 Å². The van der Waals surface area contributed by atoms with Crippen LogP contribution in [0.2, 0.25) is 5.02 Å². The van der Waals surface area contributed by atoms with Gasteiger partial charge in [-0.05, 0) is 36.2 Å². The van der Waals surface area contributed by atoms with E-state index in [0.717, 1.165) is 18.0 Å². The Morgan fingerprint density at radius 3 is 2.73 bits per heavy atom. The molecule has 0 bridgehead atoms. The molecule has 0 aliphatic carbocycles. The van der Waals surface area contributed by atoms with Crippen molar-refractivity contribution in [3.05, 3.63) is 34.2 Å². The molecule has 1 N–H and O–H groups in total. The van der Waals surface area contributed by atoms with E-state index in [-0.39, 0.29) is 27.2 Å². The van der Waals surface area contributed by atoms with Crippen molar-refractivity contribution in [1.29, 1.82) is 0 Å². The molecule has 0 saturated carbocycles. The van der Waals surface area contributed by atoms with E-state index in [4.69, 9.17) is 11.6 Å². The number of nitrogens with one attached hydrogen (secondary N) is 1. The molecule has 1 aromatic heterocycles. The molecule has 0 radical (unpaired) electrons. The van der Waals surface area contributed by atoms with Crippen LogP contribution in [-0.2, 0) is 10.0 Å². The Labute approximate surface area is 136 Å². The third-order valence-corrected chi connectivity index (χ3v) is 5.34. The first-order valence-electron chi connectivity index (χ1n) is 6.36. The summed E-state index contributed by atoms with van der Waals surface area (Å²) in [4.78, 5) is 13.8. The van der Waals surface area contributed by atoms with Gasteiger partial charge in [-0.25, -0.2) is 8.42 Å². The van der Waals surface area contributed by atoms with E-state index < -0.39 is 10.0 Å². The third kappa shape index (κ3) is 2.92. The van der Waals surface area contributed by atoms with E-state index in [1.54, 1.807) is 4.90 Å². The number of rotatable bonds is 4. The zero-order chi connectivity index (χ0) is 15.7. The van der Waals surface area contributed by atoms with E-state index in [1.807, 2.05) is 0 Å². The molecule has 1 amide bonds. The van der Waals surface area contributed by atoms with Crippen LogP contribution in [0.3, 0.4) is 0 Å². The third-order valence-electron chi connectivity index (χ3n) is 3.21. The first kappa shape index (κ1) is 15.2. The fraction of sp³-hybridized carbons (Fsp3) is 0.250. The van der Waals surface area contributed by atoms with Crippen molar-refractivity contribution in [2.75, 3.05) is 17.8 Å². The van der Waals surface area contributed by atoms with Gasteiger partial charge in [0.15, 0.2) is 5.82 Å². The average Bonchev–Trinajstić information content (AvgIpc) is 2.88. The van der Waals surface area contributed by atoms with Crippen molar-refractivity contribution < 1.29 is 13.2 Å². The van der Waals surface area contributed by atoms with Crippen LogP contribution in [0.1, 0.15) is 16.8 Å². The van der Waals surface area contributed by atoms with Crippen molar-refractivity contribution >= 4 is 44.9 Å². The van der Waals surface area contributed by atoms with E-state index in [9.17, 15) is 13.2 Å². The zero-order valence-corrected chi connectivity index (χ0v) is 13.6. The van der Waals surface area contributed by atoms with Gasteiger partial charge >= 0.3 is 0 Å². The lowest BCUT2D eigenvalue weighted by Gasteiger charge is -2.31. The summed E-state index contributed by atoms with van der Waals surface area (Å²) in [5.41, 5.74) is 0.0970. The van der Waals surface area contributed by atoms with Crippen LogP contribution < -0.4 is 4.72 Å². The SMILES string of the molecule is O=C(c1ccc(Cl)cc1S(=O)(=O)Nc1csnn1)N1CCC1. The Morgan fingerprint density at radius 2 is 2.14 bits per heavy atom. The normalized spacial score (nSPS) is 14.5. The molecule has 1 saturated heterocycles. The van der Waals surface area contributed by atoms with Gasteiger partial charge in [-0.2, -0.15) is 0 Å². The Kier molecular flexibility index (Phi) is 4.02. The van der Waals surface area contributed by atoms with Crippen LogP contribution in [-0.4, -0.2) is 41.9 Å². The van der Waals surface area contributed by atoms with Crippen LogP contribution in [0.15, 0.2) is 28.5 Å². The van der Waals surface area contributed by atoms with Crippen molar-refractivity contribution in [2.24, 2.45) is 0 Å². The minimum atomic E-state index is -3.98. The predicted octanol–water partition coefficient (Wildman–Crippen LogP) is 1.84. The maximum atomic E-state index is 12.5. The van der Waals surface area contributed by atoms with E-state index in [0.29, 0.717) is 13.1 Å². The molecular weight excluding hydrogens is 348 g/mol. The van der Waals surface area contributed by atoms with Gasteiger partial charge in [0.05, 0.1) is 10.9 Å². The molecule has 116 valence electrons. The number of halogens is 1.